The first-order valence-corrected chi connectivity index (χ1v) is 8.31. The second-order valence-corrected chi connectivity index (χ2v) is 6.49. The fraction of sp³-hybridized carbons (Fsp3) is 0.118. The summed E-state index contributed by atoms with van der Waals surface area (Å²) in [5.41, 5.74) is 2.01. The summed E-state index contributed by atoms with van der Waals surface area (Å²) in [6.07, 6.45) is 0.0283. The van der Waals surface area contributed by atoms with Gasteiger partial charge < -0.3 is 5.32 Å². The van der Waals surface area contributed by atoms with Gasteiger partial charge in [-0.05, 0) is 30.3 Å². The molecule has 1 aliphatic rings. The standard InChI is InChI=1S/C17H12Cl2N4O2/c18-10-6-5-9(7-11(10)19)20-16(25)14-8-15(24)22-17-21-12-3-1-2-4-13(12)23(14)17/h1-7,14H,8H2,(H,20,25)(H,21,22,24)/t14-/m1/s1. The normalized spacial score (nSPS) is 16.4. The van der Waals surface area contributed by atoms with E-state index in [4.69, 9.17) is 23.2 Å². The predicted octanol–water partition coefficient (Wildman–Crippen LogP) is 3.87. The van der Waals surface area contributed by atoms with Crippen LogP contribution in [0.1, 0.15) is 12.5 Å². The highest BCUT2D eigenvalue weighted by Crippen LogP contribution is 2.31. The molecule has 25 heavy (non-hydrogen) atoms. The number of rotatable bonds is 2. The molecule has 0 bridgehead atoms. The van der Waals surface area contributed by atoms with Crippen molar-refractivity contribution in [2.24, 2.45) is 0 Å². The number of nitrogens with one attached hydrogen (secondary N) is 2. The number of carbonyl (C=O) groups is 2. The molecular weight excluding hydrogens is 363 g/mol. The molecule has 0 spiro atoms. The van der Waals surface area contributed by atoms with Crippen molar-refractivity contribution in [3.63, 3.8) is 0 Å². The molecule has 1 aliphatic heterocycles. The number of hydrogen-bond donors (Lipinski definition) is 2. The van der Waals surface area contributed by atoms with Gasteiger partial charge >= 0.3 is 0 Å². The maximum Gasteiger partial charge on any atom is 0.248 e. The third kappa shape index (κ3) is 2.83. The summed E-state index contributed by atoms with van der Waals surface area (Å²) in [5, 5.41) is 6.24. The second-order valence-electron chi connectivity index (χ2n) is 5.68. The van der Waals surface area contributed by atoms with Crippen molar-refractivity contribution in [3.8, 4) is 0 Å². The van der Waals surface area contributed by atoms with Crippen LogP contribution in [-0.4, -0.2) is 21.4 Å². The number of anilines is 2. The van der Waals surface area contributed by atoms with Crippen molar-refractivity contribution < 1.29 is 9.59 Å². The minimum Gasteiger partial charge on any atom is -0.324 e. The molecule has 126 valence electrons. The Morgan fingerprint density at radius 1 is 1.20 bits per heavy atom. The van der Waals surface area contributed by atoms with Crippen LogP contribution in [-0.2, 0) is 9.59 Å². The Hall–Kier alpha value is -2.57. The van der Waals surface area contributed by atoms with Crippen LogP contribution < -0.4 is 10.6 Å². The molecule has 0 unspecified atom stereocenters. The zero-order valence-electron chi connectivity index (χ0n) is 12.8. The van der Waals surface area contributed by atoms with E-state index in [9.17, 15) is 9.59 Å². The lowest BCUT2D eigenvalue weighted by molar-refractivity contribution is -0.124. The lowest BCUT2D eigenvalue weighted by atomic mass is 10.1. The topological polar surface area (TPSA) is 76.0 Å². The van der Waals surface area contributed by atoms with Gasteiger partial charge in [-0.2, -0.15) is 0 Å². The smallest absolute Gasteiger partial charge is 0.248 e. The Kier molecular flexibility index (Phi) is 3.86. The highest BCUT2D eigenvalue weighted by Gasteiger charge is 2.32. The van der Waals surface area contributed by atoms with Crippen LogP contribution in [0.2, 0.25) is 10.0 Å². The monoisotopic (exact) mass is 374 g/mol. The maximum absolute atomic E-state index is 12.8. The van der Waals surface area contributed by atoms with Crippen LogP contribution in [0.25, 0.3) is 11.0 Å². The highest BCUT2D eigenvalue weighted by molar-refractivity contribution is 6.42. The zero-order valence-corrected chi connectivity index (χ0v) is 14.3. The molecule has 1 aromatic heterocycles. The first-order valence-electron chi connectivity index (χ1n) is 7.55. The number of halogens is 2. The lowest BCUT2D eigenvalue weighted by Gasteiger charge is -2.25. The van der Waals surface area contributed by atoms with Gasteiger partial charge in [0.2, 0.25) is 17.8 Å². The van der Waals surface area contributed by atoms with Gasteiger partial charge in [0.1, 0.15) is 6.04 Å². The molecule has 0 saturated heterocycles. The summed E-state index contributed by atoms with van der Waals surface area (Å²) in [5.74, 6) is -0.207. The molecule has 0 aliphatic carbocycles. The minimum atomic E-state index is -0.703. The first-order chi connectivity index (χ1) is 12.0. The van der Waals surface area contributed by atoms with Crippen molar-refractivity contribution >= 4 is 57.7 Å². The van der Waals surface area contributed by atoms with E-state index in [-0.39, 0.29) is 18.2 Å². The van der Waals surface area contributed by atoms with Crippen LogP contribution in [0.3, 0.4) is 0 Å². The van der Waals surface area contributed by atoms with E-state index in [0.717, 1.165) is 5.52 Å². The molecule has 0 fully saturated rings. The van der Waals surface area contributed by atoms with Crippen molar-refractivity contribution in [1.29, 1.82) is 0 Å². The van der Waals surface area contributed by atoms with Gasteiger partial charge in [0.25, 0.3) is 0 Å². The van der Waals surface area contributed by atoms with Gasteiger partial charge in [0.15, 0.2) is 0 Å². The van der Waals surface area contributed by atoms with E-state index in [2.05, 4.69) is 15.6 Å². The van der Waals surface area contributed by atoms with Crippen molar-refractivity contribution in [3.05, 3.63) is 52.5 Å². The zero-order chi connectivity index (χ0) is 17.6. The predicted molar refractivity (Wildman–Crippen MR) is 97.1 cm³/mol. The maximum atomic E-state index is 12.8. The van der Waals surface area contributed by atoms with Gasteiger partial charge in [-0.1, -0.05) is 35.3 Å². The van der Waals surface area contributed by atoms with Gasteiger partial charge in [0, 0.05) is 5.69 Å². The van der Waals surface area contributed by atoms with Crippen LogP contribution >= 0.6 is 23.2 Å². The fourth-order valence-corrected chi connectivity index (χ4v) is 3.20. The number of fused-ring (bicyclic) bond motifs is 3. The summed E-state index contributed by atoms with van der Waals surface area (Å²) in [4.78, 5) is 29.2. The Morgan fingerprint density at radius 2 is 2.00 bits per heavy atom. The quantitative estimate of drug-likeness (QED) is 0.714. The molecule has 6 nitrogen and oxygen atoms in total. The molecule has 1 atom stereocenters. The van der Waals surface area contributed by atoms with Gasteiger partial charge in [-0.25, -0.2) is 4.98 Å². The van der Waals surface area contributed by atoms with Crippen molar-refractivity contribution in [2.45, 2.75) is 12.5 Å². The summed E-state index contributed by atoms with van der Waals surface area (Å²) in [6.45, 7) is 0. The van der Waals surface area contributed by atoms with Gasteiger partial charge in [-0.15, -0.1) is 0 Å². The van der Waals surface area contributed by atoms with Gasteiger partial charge in [-0.3, -0.25) is 19.5 Å². The number of benzene rings is 2. The van der Waals surface area contributed by atoms with Crippen molar-refractivity contribution in [1.82, 2.24) is 9.55 Å². The molecular formula is C17H12Cl2N4O2. The summed E-state index contributed by atoms with van der Waals surface area (Å²) in [7, 11) is 0. The Morgan fingerprint density at radius 3 is 2.80 bits per heavy atom. The third-order valence-corrected chi connectivity index (χ3v) is 4.77. The van der Waals surface area contributed by atoms with Crippen LogP contribution in [0, 0.1) is 0 Å². The van der Waals surface area contributed by atoms with E-state index in [1.807, 2.05) is 24.3 Å². The highest BCUT2D eigenvalue weighted by atomic mass is 35.5. The lowest BCUT2D eigenvalue weighted by Crippen LogP contribution is -2.35. The summed E-state index contributed by atoms with van der Waals surface area (Å²) >= 11 is 11.9. The largest absolute Gasteiger partial charge is 0.324 e. The Labute approximate surface area is 152 Å². The van der Waals surface area contributed by atoms with Crippen molar-refractivity contribution in [2.75, 3.05) is 10.6 Å². The van der Waals surface area contributed by atoms with Gasteiger partial charge in [0.05, 0.1) is 27.5 Å². The average Bonchev–Trinajstić information content (AvgIpc) is 2.95. The van der Waals surface area contributed by atoms with E-state index in [1.54, 1.807) is 22.8 Å². The summed E-state index contributed by atoms with van der Waals surface area (Å²) < 4.78 is 1.74. The van der Waals surface area contributed by atoms with E-state index in [0.29, 0.717) is 27.2 Å². The number of amides is 2. The number of nitrogens with zero attached hydrogens (tertiary/aromatic N) is 2. The van der Waals surface area contributed by atoms with E-state index < -0.39 is 6.04 Å². The molecule has 2 amide bonds. The third-order valence-electron chi connectivity index (χ3n) is 4.03. The molecule has 3 aromatic rings. The van der Waals surface area contributed by atoms with Crippen LogP contribution in [0.4, 0.5) is 11.6 Å². The number of carbonyl (C=O) groups excluding carboxylic acids is 2. The molecule has 2 N–H and O–H groups in total. The molecule has 0 saturated carbocycles. The molecule has 2 aromatic carbocycles. The van der Waals surface area contributed by atoms with E-state index in [1.165, 1.54) is 0 Å². The number of imidazole rings is 1. The second kappa shape index (κ2) is 6.06. The molecule has 4 rings (SSSR count). The SMILES string of the molecule is O=C1C[C@H](C(=O)Nc2ccc(Cl)c(Cl)c2)n2c(nc3ccccc32)N1. The Bertz CT molecular complexity index is 1020. The first kappa shape index (κ1) is 15.9. The number of para-hydroxylation sites is 2. The Balaban J connectivity index is 1.71. The number of hydrogen-bond acceptors (Lipinski definition) is 3. The van der Waals surface area contributed by atoms with E-state index >= 15 is 0 Å². The van der Waals surface area contributed by atoms with Crippen LogP contribution in [0.15, 0.2) is 42.5 Å². The fourth-order valence-electron chi connectivity index (χ4n) is 2.90. The summed E-state index contributed by atoms with van der Waals surface area (Å²) in [6, 6.07) is 11.5. The number of aromatic nitrogens is 2. The molecule has 8 heteroatoms. The molecule has 2 heterocycles. The average molecular weight is 375 g/mol. The molecule has 0 radical (unpaired) electrons. The minimum absolute atomic E-state index is 0.0283. The van der Waals surface area contributed by atoms with Crippen LogP contribution in [0.5, 0.6) is 0 Å².